The lowest BCUT2D eigenvalue weighted by Crippen LogP contribution is -2.32. The largest absolute Gasteiger partial charge is 0.385 e. The summed E-state index contributed by atoms with van der Waals surface area (Å²) in [6.45, 7) is 5.62. The quantitative estimate of drug-likeness (QED) is 0.181. The fourth-order valence-corrected chi connectivity index (χ4v) is 5.72. The number of carbonyl (C=O) groups is 1. The van der Waals surface area contributed by atoms with E-state index in [1.807, 2.05) is 50.2 Å². The van der Waals surface area contributed by atoms with Crippen molar-refractivity contribution in [2.75, 3.05) is 33.4 Å². The van der Waals surface area contributed by atoms with Gasteiger partial charge in [0.1, 0.15) is 17.3 Å². The fraction of sp³-hybridized carbons (Fsp3) is 0.345. The van der Waals surface area contributed by atoms with Gasteiger partial charge in [-0.15, -0.1) is 0 Å². The average molecular weight is 550 g/mol. The highest BCUT2D eigenvalue weighted by molar-refractivity contribution is 7.89. The standard InChI is InChI=1S/C29H35N5O4S/c1-4-16-33(17-5-2)39(36,37)27-14-9-11-23(20-27)28-25(22-34(32-28)26-12-7-6-8-13-26)19-24(21-30)29(35)31-15-10-18-38-3/h6-9,11-14,19-20,22H,4-5,10,15-18H2,1-3H3,(H,31,35)/b24-19-. The normalized spacial score (nSPS) is 11.9. The number of benzene rings is 2. The molecule has 3 rings (SSSR count). The highest BCUT2D eigenvalue weighted by atomic mass is 32.2. The zero-order valence-electron chi connectivity index (χ0n) is 22.6. The maximum atomic E-state index is 13.5. The van der Waals surface area contributed by atoms with Gasteiger partial charge < -0.3 is 10.1 Å². The third-order valence-electron chi connectivity index (χ3n) is 5.93. The van der Waals surface area contributed by atoms with E-state index in [2.05, 4.69) is 5.32 Å². The van der Waals surface area contributed by atoms with Crippen LogP contribution in [0.25, 0.3) is 23.0 Å². The molecule has 0 fully saturated rings. The third kappa shape index (κ3) is 7.63. The number of rotatable bonds is 14. The molecule has 39 heavy (non-hydrogen) atoms. The monoisotopic (exact) mass is 549 g/mol. The predicted octanol–water partition coefficient (Wildman–Crippen LogP) is 4.41. The number of methoxy groups -OCH3 is 1. The maximum absolute atomic E-state index is 13.5. The van der Waals surface area contributed by atoms with Crippen LogP contribution < -0.4 is 5.32 Å². The molecule has 2 aromatic carbocycles. The van der Waals surface area contributed by atoms with E-state index in [0.29, 0.717) is 62.3 Å². The van der Waals surface area contributed by atoms with Gasteiger partial charge in [0.25, 0.3) is 5.91 Å². The molecule has 1 aromatic heterocycles. The summed E-state index contributed by atoms with van der Waals surface area (Å²) < 4.78 is 35.0. The minimum Gasteiger partial charge on any atom is -0.385 e. The molecular formula is C29H35N5O4S. The molecule has 0 radical (unpaired) electrons. The van der Waals surface area contributed by atoms with Crippen molar-refractivity contribution in [1.29, 1.82) is 5.26 Å². The van der Waals surface area contributed by atoms with Crippen LogP contribution in [0.4, 0.5) is 0 Å². The van der Waals surface area contributed by atoms with Crippen LogP contribution in [-0.4, -0.2) is 61.8 Å². The zero-order chi connectivity index (χ0) is 28.3. The molecule has 0 aliphatic heterocycles. The maximum Gasteiger partial charge on any atom is 0.261 e. The van der Waals surface area contributed by atoms with E-state index >= 15 is 0 Å². The molecule has 10 heteroatoms. The van der Waals surface area contributed by atoms with Crippen LogP contribution >= 0.6 is 0 Å². The van der Waals surface area contributed by atoms with Crippen molar-refractivity contribution in [3.8, 4) is 23.0 Å². The van der Waals surface area contributed by atoms with Crippen molar-refractivity contribution in [2.24, 2.45) is 0 Å². The lowest BCUT2D eigenvalue weighted by Gasteiger charge is -2.21. The minimum atomic E-state index is -3.71. The number of para-hydroxylation sites is 1. The van der Waals surface area contributed by atoms with E-state index in [9.17, 15) is 18.5 Å². The smallest absolute Gasteiger partial charge is 0.261 e. The van der Waals surface area contributed by atoms with Gasteiger partial charge in [0.2, 0.25) is 10.0 Å². The van der Waals surface area contributed by atoms with Gasteiger partial charge in [0, 0.05) is 50.7 Å². The molecule has 0 aliphatic carbocycles. The van der Waals surface area contributed by atoms with Gasteiger partial charge in [-0.25, -0.2) is 13.1 Å². The molecule has 0 spiro atoms. The lowest BCUT2D eigenvalue weighted by atomic mass is 10.1. The van der Waals surface area contributed by atoms with Crippen LogP contribution in [0.3, 0.4) is 0 Å². The van der Waals surface area contributed by atoms with Crippen LogP contribution in [0.2, 0.25) is 0 Å². The lowest BCUT2D eigenvalue weighted by molar-refractivity contribution is -0.117. The van der Waals surface area contributed by atoms with Gasteiger partial charge in [-0.05, 0) is 49.6 Å². The summed E-state index contributed by atoms with van der Waals surface area (Å²) >= 11 is 0. The third-order valence-corrected chi connectivity index (χ3v) is 7.82. The van der Waals surface area contributed by atoms with E-state index in [1.165, 1.54) is 10.4 Å². The number of amides is 1. The summed E-state index contributed by atoms with van der Waals surface area (Å²) in [5, 5.41) is 17.2. The summed E-state index contributed by atoms with van der Waals surface area (Å²) in [4.78, 5) is 12.9. The number of hydrogen-bond donors (Lipinski definition) is 1. The Bertz CT molecular complexity index is 1420. The van der Waals surface area contributed by atoms with E-state index in [-0.39, 0.29) is 10.5 Å². The number of carbonyl (C=O) groups excluding carboxylic acids is 1. The molecular weight excluding hydrogens is 514 g/mol. The highest BCUT2D eigenvalue weighted by Crippen LogP contribution is 2.29. The second-order valence-electron chi connectivity index (χ2n) is 8.92. The van der Waals surface area contributed by atoms with Crippen molar-refractivity contribution < 1.29 is 17.9 Å². The molecule has 9 nitrogen and oxygen atoms in total. The zero-order valence-corrected chi connectivity index (χ0v) is 23.4. The Labute approximate surface area is 230 Å². The van der Waals surface area contributed by atoms with Crippen molar-refractivity contribution in [2.45, 2.75) is 38.0 Å². The molecule has 1 N–H and O–H groups in total. The van der Waals surface area contributed by atoms with Crippen molar-refractivity contribution in [3.63, 3.8) is 0 Å². The van der Waals surface area contributed by atoms with E-state index in [0.717, 1.165) is 5.69 Å². The number of hydrogen-bond acceptors (Lipinski definition) is 6. The topological polar surface area (TPSA) is 117 Å². The Morgan fingerprint density at radius 2 is 1.85 bits per heavy atom. The van der Waals surface area contributed by atoms with Crippen molar-refractivity contribution in [1.82, 2.24) is 19.4 Å². The van der Waals surface area contributed by atoms with Gasteiger partial charge in [-0.2, -0.15) is 14.7 Å². The van der Waals surface area contributed by atoms with Gasteiger partial charge in [0.05, 0.1) is 10.6 Å². The second kappa shape index (κ2) is 14.4. The molecule has 0 saturated heterocycles. The second-order valence-corrected chi connectivity index (χ2v) is 10.9. The van der Waals surface area contributed by atoms with Crippen LogP contribution in [-0.2, 0) is 19.6 Å². The number of ether oxygens (including phenoxy) is 1. The van der Waals surface area contributed by atoms with E-state index in [4.69, 9.17) is 9.84 Å². The first-order valence-corrected chi connectivity index (χ1v) is 14.4. The summed E-state index contributed by atoms with van der Waals surface area (Å²) in [6, 6.07) is 18.0. The first kappa shape index (κ1) is 29.8. The number of aromatic nitrogens is 2. The van der Waals surface area contributed by atoms with E-state index < -0.39 is 15.9 Å². The van der Waals surface area contributed by atoms with E-state index in [1.54, 1.807) is 42.3 Å². The molecule has 0 bridgehead atoms. The van der Waals surface area contributed by atoms with Gasteiger partial charge in [0.15, 0.2) is 0 Å². The SMILES string of the molecule is CCCN(CCC)S(=O)(=O)c1cccc(-c2nn(-c3ccccc3)cc2/C=C(/C#N)C(=O)NCCCOC)c1. The molecule has 0 saturated carbocycles. The van der Waals surface area contributed by atoms with Crippen LogP contribution in [0, 0.1) is 11.3 Å². The number of nitrogens with zero attached hydrogens (tertiary/aromatic N) is 4. The predicted molar refractivity (Wildman–Crippen MR) is 151 cm³/mol. The fourth-order valence-electron chi connectivity index (χ4n) is 4.05. The Kier molecular flexibility index (Phi) is 11.0. The number of nitriles is 1. The number of nitrogens with one attached hydrogen (secondary N) is 1. The van der Waals surface area contributed by atoms with Gasteiger partial charge >= 0.3 is 0 Å². The van der Waals surface area contributed by atoms with Crippen LogP contribution in [0.15, 0.2) is 71.3 Å². The molecule has 0 atom stereocenters. The average Bonchev–Trinajstić information content (AvgIpc) is 3.38. The molecule has 1 heterocycles. The molecule has 206 valence electrons. The summed E-state index contributed by atoms with van der Waals surface area (Å²) in [5.74, 6) is -0.502. The molecule has 0 aliphatic rings. The Balaban J connectivity index is 2.08. The Hall–Kier alpha value is -3.78. The van der Waals surface area contributed by atoms with Crippen molar-refractivity contribution >= 4 is 22.0 Å². The number of sulfonamides is 1. The highest BCUT2D eigenvalue weighted by Gasteiger charge is 2.24. The summed E-state index contributed by atoms with van der Waals surface area (Å²) in [7, 11) is -2.13. The summed E-state index contributed by atoms with van der Waals surface area (Å²) in [5.41, 5.74) is 2.22. The first-order valence-electron chi connectivity index (χ1n) is 13.0. The Morgan fingerprint density at radius 3 is 2.49 bits per heavy atom. The van der Waals surface area contributed by atoms with Crippen LogP contribution in [0.1, 0.15) is 38.7 Å². The van der Waals surface area contributed by atoms with Gasteiger partial charge in [-0.1, -0.05) is 44.2 Å². The summed E-state index contributed by atoms with van der Waals surface area (Å²) in [6.07, 6.45) is 5.24. The molecule has 0 unspecified atom stereocenters. The van der Waals surface area contributed by atoms with Crippen molar-refractivity contribution in [3.05, 3.63) is 71.9 Å². The molecule has 3 aromatic rings. The minimum absolute atomic E-state index is 0.0814. The first-order chi connectivity index (χ1) is 18.8. The molecule has 1 amide bonds. The Morgan fingerprint density at radius 1 is 1.13 bits per heavy atom. The van der Waals surface area contributed by atoms with Crippen LogP contribution in [0.5, 0.6) is 0 Å². The van der Waals surface area contributed by atoms with Gasteiger partial charge in [-0.3, -0.25) is 4.79 Å².